The summed E-state index contributed by atoms with van der Waals surface area (Å²) in [5.41, 5.74) is -0.0485. The molecule has 0 unspecified atom stereocenters. The SMILES string of the molecule is C[C@@]1(C[C@@H]2CC(=O)N(c3ccc(Cl)cc3)C2=O)N=C(c2ccccc2)OC1=O. The largest absolute Gasteiger partial charge is 0.405 e. The maximum Gasteiger partial charge on any atom is 0.340 e. The van der Waals surface area contributed by atoms with E-state index >= 15 is 0 Å². The first kappa shape index (κ1) is 18.4. The fourth-order valence-electron chi connectivity index (χ4n) is 3.52. The summed E-state index contributed by atoms with van der Waals surface area (Å²) >= 11 is 5.88. The molecule has 2 amide bonds. The summed E-state index contributed by atoms with van der Waals surface area (Å²) in [6.45, 7) is 1.63. The molecule has 2 aliphatic rings. The third-order valence-corrected chi connectivity index (χ3v) is 5.22. The van der Waals surface area contributed by atoms with Crippen molar-refractivity contribution >= 4 is 41.0 Å². The molecule has 2 heterocycles. The number of imide groups is 1. The number of hydrogen-bond donors (Lipinski definition) is 0. The number of carbonyl (C=O) groups is 3. The number of nitrogens with zero attached hydrogens (tertiary/aromatic N) is 2. The van der Waals surface area contributed by atoms with Crippen molar-refractivity contribution in [3.63, 3.8) is 0 Å². The van der Waals surface area contributed by atoms with Gasteiger partial charge in [0, 0.05) is 17.0 Å². The smallest absolute Gasteiger partial charge is 0.340 e. The van der Waals surface area contributed by atoms with Crippen LogP contribution >= 0.6 is 11.6 Å². The lowest BCUT2D eigenvalue weighted by atomic mass is 9.88. The van der Waals surface area contributed by atoms with Crippen LogP contribution in [0.25, 0.3) is 0 Å². The van der Waals surface area contributed by atoms with Crippen LogP contribution in [0.15, 0.2) is 59.6 Å². The maximum absolute atomic E-state index is 12.9. The van der Waals surface area contributed by atoms with Crippen molar-refractivity contribution in [3.8, 4) is 0 Å². The van der Waals surface area contributed by atoms with E-state index in [0.29, 0.717) is 16.3 Å². The van der Waals surface area contributed by atoms with Gasteiger partial charge in [0.1, 0.15) is 0 Å². The number of carbonyl (C=O) groups excluding carboxylic acids is 3. The van der Waals surface area contributed by atoms with Crippen LogP contribution < -0.4 is 4.90 Å². The molecule has 0 aromatic heterocycles. The molecule has 2 aromatic rings. The molecule has 0 bridgehead atoms. The molecule has 0 saturated carbocycles. The van der Waals surface area contributed by atoms with Crippen molar-refractivity contribution in [1.82, 2.24) is 0 Å². The summed E-state index contributed by atoms with van der Waals surface area (Å²) in [5, 5.41) is 0.517. The lowest BCUT2D eigenvalue weighted by Crippen LogP contribution is -2.36. The van der Waals surface area contributed by atoms with Gasteiger partial charge in [0.25, 0.3) is 0 Å². The number of ether oxygens (including phenoxy) is 1. The third kappa shape index (κ3) is 3.20. The number of rotatable bonds is 4. The molecule has 2 atom stereocenters. The van der Waals surface area contributed by atoms with Crippen molar-refractivity contribution in [2.75, 3.05) is 4.90 Å². The number of benzene rings is 2. The molecule has 6 nitrogen and oxygen atoms in total. The van der Waals surface area contributed by atoms with Gasteiger partial charge in [-0.2, -0.15) is 0 Å². The second-order valence-corrected chi connectivity index (χ2v) is 7.53. The van der Waals surface area contributed by atoms with Crippen LogP contribution in [0.1, 0.15) is 25.3 Å². The molecule has 0 spiro atoms. The molecule has 0 N–H and O–H groups in total. The van der Waals surface area contributed by atoms with Crippen LogP contribution in [-0.4, -0.2) is 29.2 Å². The second kappa shape index (κ2) is 6.87. The highest BCUT2D eigenvalue weighted by atomic mass is 35.5. The zero-order valence-corrected chi connectivity index (χ0v) is 15.8. The third-order valence-electron chi connectivity index (χ3n) is 4.97. The second-order valence-electron chi connectivity index (χ2n) is 7.10. The average molecular weight is 397 g/mol. The van der Waals surface area contributed by atoms with E-state index in [-0.39, 0.29) is 30.6 Å². The highest BCUT2D eigenvalue weighted by molar-refractivity contribution is 6.30. The Kier molecular flexibility index (Phi) is 4.51. The normalized spacial score (nSPS) is 24.5. The molecule has 2 aliphatic heterocycles. The molecule has 142 valence electrons. The zero-order valence-electron chi connectivity index (χ0n) is 15.1. The Hall–Kier alpha value is -2.99. The van der Waals surface area contributed by atoms with Gasteiger partial charge in [-0.15, -0.1) is 0 Å². The minimum Gasteiger partial charge on any atom is -0.405 e. The summed E-state index contributed by atoms with van der Waals surface area (Å²) in [4.78, 5) is 43.4. The molecular weight excluding hydrogens is 380 g/mol. The Morgan fingerprint density at radius 1 is 1.11 bits per heavy atom. The Bertz CT molecular complexity index is 987. The van der Waals surface area contributed by atoms with E-state index in [1.165, 1.54) is 0 Å². The van der Waals surface area contributed by atoms with E-state index in [9.17, 15) is 14.4 Å². The number of anilines is 1. The number of halogens is 1. The van der Waals surface area contributed by atoms with Gasteiger partial charge in [-0.05, 0) is 49.7 Å². The van der Waals surface area contributed by atoms with Gasteiger partial charge in [-0.25, -0.2) is 9.79 Å². The maximum atomic E-state index is 12.9. The van der Waals surface area contributed by atoms with Crippen molar-refractivity contribution in [3.05, 3.63) is 65.2 Å². The minimum absolute atomic E-state index is 0.0283. The van der Waals surface area contributed by atoms with Crippen LogP contribution in [0.3, 0.4) is 0 Å². The van der Waals surface area contributed by atoms with Gasteiger partial charge in [0.15, 0.2) is 5.54 Å². The molecule has 1 saturated heterocycles. The van der Waals surface area contributed by atoms with Crippen LogP contribution in [0.4, 0.5) is 5.69 Å². The first-order valence-corrected chi connectivity index (χ1v) is 9.25. The predicted octanol–water partition coefficient (Wildman–Crippen LogP) is 3.37. The first-order chi connectivity index (χ1) is 13.4. The number of amides is 2. The Morgan fingerprint density at radius 2 is 1.79 bits per heavy atom. The highest BCUT2D eigenvalue weighted by Gasteiger charge is 2.49. The molecular formula is C21H17ClN2O4. The standard InChI is InChI=1S/C21H17ClN2O4/c1-21(20(27)28-18(23-21)13-5-3-2-4-6-13)12-14-11-17(25)24(19(14)26)16-9-7-15(22)8-10-16/h2-10,14H,11-12H2,1H3/t14-,21-/m0/s1. The van der Waals surface area contributed by atoms with Crippen molar-refractivity contribution in [2.24, 2.45) is 10.9 Å². The van der Waals surface area contributed by atoms with Gasteiger partial charge in [-0.3, -0.25) is 14.5 Å². The summed E-state index contributed by atoms with van der Waals surface area (Å²) in [5.74, 6) is -1.57. The Labute approximate surface area is 166 Å². The minimum atomic E-state index is -1.21. The van der Waals surface area contributed by atoms with Gasteiger partial charge in [0.2, 0.25) is 17.7 Å². The molecule has 28 heavy (non-hydrogen) atoms. The summed E-state index contributed by atoms with van der Waals surface area (Å²) in [6, 6.07) is 15.6. The van der Waals surface area contributed by atoms with E-state index in [2.05, 4.69) is 4.99 Å². The lowest BCUT2D eigenvalue weighted by Gasteiger charge is -2.20. The van der Waals surface area contributed by atoms with E-state index in [1.54, 1.807) is 43.3 Å². The summed E-state index contributed by atoms with van der Waals surface area (Å²) in [6.07, 6.45) is 0.136. The van der Waals surface area contributed by atoms with Crippen molar-refractivity contribution in [2.45, 2.75) is 25.3 Å². The zero-order chi connectivity index (χ0) is 19.9. The van der Waals surface area contributed by atoms with Crippen LogP contribution in [0, 0.1) is 5.92 Å². The first-order valence-electron chi connectivity index (χ1n) is 8.87. The molecule has 7 heteroatoms. The van der Waals surface area contributed by atoms with Crippen LogP contribution in [-0.2, 0) is 19.1 Å². The van der Waals surface area contributed by atoms with Gasteiger partial charge in [0.05, 0.1) is 11.6 Å². The number of esters is 1. The monoisotopic (exact) mass is 396 g/mol. The summed E-state index contributed by atoms with van der Waals surface area (Å²) < 4.78 is 5.35. The molecule has 0 aliphatic carbocycles. The number of hydrogen-bond acceptors (Lipinski definition) is 5. The van der Waals surface area contributed by atoms with E-state index in [4.69, 9.17) is 16.3 Å². The number of cyclic esters (lactones) is 1. The van der Waals surface area contributed by atoms with Crippen LogP contribution in [0.2, 0.25) is 5.02 Å². The van der Waals surface area contributed by atoms with E-state index in [0.717, 1.165) is 4.90 Å². The van der Waals surface area contributed by atoms with Crippen LogP contribution in [0.5, 0.6) is 0 Å². The topological polar surface area (TPSA) is 76.0 Å². The summed E-state index contributed by atoms with van der Waals surface area (Å²) in [7, 11) is 0. The van der Waals surface area contributed by atoms with Gasteiger partial charge < -0.3 is 4.74 Å². The molecule has 1 fully saturated rings. The number of aliphatic imine (C=N–C) groups is 1. The predicted molar refractivity (Wildman–Crippen MR) is 104 cm³/mol. The highest BCUT2D eigenvalue weighted by Crippen LogP contribution is 2.36. The molecule has 0 radical (unpaired) electrons. The Morgan fingerprint density at radius 3 is 2.46 bits per heavy atom. The van der Waals surface area contributed by atoms with E-state index in [1.807, 2.05) is 18.2 Å². The fourth-order valence-corrected chi connectivity index (χ4v) is 3.65. The average Bonchev–Trinajstić information content (AvgIpc) is 3.12. The molecule has 4 rings (SSSR count). The Balaban J connectivity index is 1.56. The van der Waals surface area contributed by atoms with E-state index < -0.39 is 17.4 Å². The lowest BCUT2D eigenvalue weighted by molar-refractivity contribution is -0.139. The fraction of sp³-hybridized carbons (Fsp3) is 0.238. The van der Waals surface area contributed by atoms with Crippen molar-refractivity contribution in [1.29, 1.82) is 0 Å². The van der Waals surface area contributed by atoms with Crippen molar-refractivity contribution < 1.29 is 19.1 Å². The van der Waals surface area contributed by atoms with Gasteiger partial charge in [-0.1, -0.05) is 29.8 Å². The quantitative estimate of drug-likeness (QED) is 0.586. The molecule has 2 aromatic carbocycles. The van der Waals surface area contributed by atoms with Gasteiger partial charge >= 0.3 is 5.97 Å².